The minimum atomic E-state index is 0.195. The summed E-state index contributed by atoms with van der Waals surface area (Å²) in [5.74, 6) is 0. The third kappa shape index (κ3) is 7.36. The van der Waals surface area contributed by atoms with Crippen molar-refractivity contribution in [3.8, 4) is 0 Å². The average Bonchev–Trinajstić information content (AvgIpc) is 2.50. The largest absolute Gasteiger partial charge is 0.372 e. The fourth-order valence-electron chi connectivity index (χ4n) is 1.50. The molecule has 0 N–H and O–H groups in total. The summed E-state index contributed by atoms with van der Waals surface area (Å²) in [5, 5.41) is 3.33. The zero-order chi connectivity index (χ0) is 14.8. The molecule has 0 heterocycles. The number of hydrogen-bond acceptors (Lipinski definition) is 2. The maximum Gasteiger partial charge on any atom is 0.0773 e. The minimum absolute atomic E-state index is 0.195. The quantitative estimate of drug-likeness (QED) is 0.390. The zero-order valence-electron chi connectivity index (χ0n) is 11.0. The van der Waals surface area contributed by atoms with E-state index in [1.807, 2.05) is 6.07 Å². The van der Waals surface area contributed by atoms with Crippen LogP contribution >= 0.6 is 63.7 Å². The molecule has 0 amide bonds. The van der Waals surface area contributed by atoms with Crippen molar-refractivity contribution in [1.29, 1.82) is 0 Å². The summed E-state index contributed by atoms with van der Waals surface area (Å²) in [7, 11) is 0. The fraction of sp³-hybridized carbons (Fsp3) is 0.571. The van der Waals surface area contributed by atoms with Crippen molar-refractivity contribution in [3.05, 3.63) is 35.4 Å². The van der Waals surface area contributed by atoms with Gasteiger partial charge in [0.15, 0.2) is 0 Å². The van der Waals surface area contributed by atoms with Crippen LogP contribution < -0.4 is 0 Å². The Bertz CT molecular complexity index is 337. The summed E-state index contributed by atoms with van der Waals surface area (Å²) >= 11 is 13.7. The van der Waals surface area contributed by atoms with E-state index in [0.717, 1.165) is 21.3 Å². The molecule has 0 fully saturated rings. The van der Waals surface area contributed by atoms with Crippen LogP contribution in [0.4, 0.5) is 0 Å². The first-order valence-corrected chi connectivity index (χ1v) is 10.8. The van der Waals surface area contributed by atoms with E-state index in [-0.39, 0.29) is 12.2 Å². The Morgan fingerprint density at radius 3 is 1.50 bits per heavy atom. The van der Waals surface area contributed by atoms with E-state index >= 15 is 0 Å². The van der Waals surface area contributed by atoms with Gasteiger partial charge in [-0.1, -0.05) is 88.0 Å². The van der Waals surface area contributed by atoms with Crippen molar-refractivity contribution >= 4 is 63.7 Å². The maximum atomic E-state index is 5.80. The van der Waals surface area contributed by atoms with Gasteiger partial charge in [0, 0.05) is 21.3 Å². The van der Waals surface area contributed by atoms with Gasteiger partial charge in [-0.25, -0.2) is 0 Å². The van der Waals surface area contributed by atoms with Crippen molar-refractivity contribution in [1.82, 2.24) is 0 Å². The molecular weight excluding hydrogens is 520 g/mol. The number of rotatable bonds is 10. The molecule has 0 aliphatic heterocycles. The van der Waals surface area contributed by atoms with Gasteiger partial charge in [-0.2, -0.15) is 0 Å². The van der Waals surface area contributed by atoms with Crippen molar-refractivity contribution in [3.63, 3.8) is 0 Å². The van der Waals surface area contributed by atoms with Gasteiger partial charge >= 0.3 is 0 Å². The Labute approximate surface area is 154 Å². The third-order valence-electron chi connectivity index (χ3n) is 2.65. The summed E-state index contributed by atoms with van der Waals surface area (Å²) in [4.78, 5) is 0. The molecule has 6 heteroatoms. The van der Waals surface area contributed by atoms with Crippen LogP contribution in [0.1, 0.15) is 11.1 Å². The normalized spacial score (nSPS) is 11.5. The van der Waals surface area contributed by atoms with E-state index < -0.39 is 0 Å². The molecule has 1 aromatic carbocycles. The molecule has 0 spiro atoms. The molecule has 0 aliphatic carbocycles. The lowest BCUT2D eigenvalue weighted by Crippen LogP contribution is -2.16. The van der Waals surface area contributed by atoms with E-state index in [9.17, 15) is 0 Å². The number of benzene rings is 1. The lowest BCUT2D eigenvalue weighted by molar-refractivity contribution is 0.0701. The number of hydrogen-bond donors (Lipinski definition) is 0. The lowest BCUT2D eigenvalue weighted by Gasteiger charge is -2.14. The average molecular weight is 538 g/mol. The van der Waals surface area contributed by atoms with E-state index in [0.29, 0.717) is 13.2 Å². The van der Waals surface area contributed by atoms with Crippen molar-refractivity contribution < 1.29 is 9.47 Å². The van der Waals surface area contributed by atoms with Crippen molar-refractivity contribution in [2.75, 3.05) is 21.3 Å². The molecule has 1 aromatic rings. The summed E-state index contributed by atoms with van der Waals surface area (Å²) in [6.45, 7) is 1.24. The lowest BCUT2D eigenvalue weighted by atomic mass is 10.1. The third-order valence-corrected chi connectivity index (χ3v) is 5.54. The highest BCUT2D eigenvalue weighted by molar-refractivity contribution is 9.10. The fourth-order valence-corrected chi connectivity index (χ4v) is 4.39. The van der Waals surface area contributed by atoms with Crippen LogP contribution in [0.2, 0.25) is 0 Å². The SMILES string of the molecule is BrCC(CBr)OCc1cccc(COC(CBr)CBr)c1. The summed E-state index contributed by atoms with van der Waals surface area (Å²) in [5.41, 5.74) is 2.35. The number of halogens is 4. The van der Waals surface area contributed by atoms with Gasteiger partial charge in [0.25, 0.3) is 0 Å². The predicted molar refractivity (Wildman–Crippen MR) is 98.8 cm³/mol. The zero-order valence-corrected chi connectivity index (χ0v) is 17.4. The second-order valence-corrected chi connectivity index (χ2v) is 6.89. The topological polar surface area (TPSA) is 18.5 Å². The molecule has 114 valence electrons. The van der Waals surface area contributed by atoms with Gasteiger partial charge in [0.1, 0.15) is 0 Å². The Balaban J connectivity index is 2.48. The number of alkyl halides is 4. The monoisotopic (exact) mass is 534 g/mol. The molecule has 0 saturated carbocycles. The minimum Gasteiger partial charge on any atom is -0.372 e. The molecule has 0 radical (unpaired) electrons. The Morgan fingerprint density at radius 2 is 1.15 bits per heavy atom. The number of ether oxygens (including phenoxy) is 2. The van der Waals surface area contributed by atoms with Crippen molar-refractivity contribution in [2.24, 2.45) is 0 Å². The van der Waals surface area contributed by atoms with Gasteiger partial charge in [-0.15, -0.1) is 0 Å². The van der Waals surface area contributed by atoms with Crippen LogP contribution in [0.15, 0.2) is 24.3 Å². The Morgan fingerprint density at radius 1 is 0.750 bits per heavy atom. The van der Waals surface area contributed by atoms with Gasteiger partial charge in [0.05, 0.1) is 25.4 Å². The Hall–Kier alpha value is 1.06. The first-order chi connectivity index (χ1) is 9.73. The van der Waals surface area contributed by atoms with Crippen LogP contribution in [0.25, 0.3) is 0 Å². The highest BCUT2D eigenvalue weighted by Crippen LogP contribution is 2.12. The molecule has 0 atom stereocenters. The van der Waals surface area contributed by atoms with Crippen LogP contribution in [0, 0.1) is 0 Å². The molecule has 0 aliphatic rings. The van der Waals surface area contributed by atoms with Crippen LogP contribution in [-0.4, -0.2) is 33.5 Å². The molecule has 0 unspecified atom stereocenters. The summed E-state index contributed by atoms with van der Waals surface area (Å²) in [6, 6.07) is 8.34. The van der Waals surface area contributed by atoms with Gasteiger partial charge in [-0.05, 0) is 11.1 Å². The Kier molecular flexibility index (Phi) is 11.1. The smallest absolute Gasteiger partial charge is 0.0773 e. The molecule has 0 bridgehead atoms. The maximum absolute atomic E-state index is 5.80. The predicted octanol–water partition coefficient (Wildman–Crippen LogP) is 5.04. The second kappa shape index (κ2) is 11.6. The standard InChI is InChI=1S/C14H18Br4O2/c15-5-13(6-16)19-9-11-2-1-3-12(4-11)10-20-14(7-17)8-18/h1-4,13-14H,5-10H2. The molecular formula is C14H18Br4O2. The molecule has 2 nitrogen and oxygen atoms in total. The van der Waals surface area contributed by atoms with E-state index in [1.54, 1.807) is 0 Å². The highest BCUT2D eigenvalue weighted by Gasteiger charge is 2.07. The molecule has 0 saturated heterocycles. The van der Waals surface area contributed by atoms with E-state index in [4.69, 9.17) is 9.47 Å². The van der Waals surface area contributed by atoms with Crippen LogP contribution in [-0.2, 0) is 22.7 Å². The first kappa shape index (κ1) is 19.1. The molecule has 1 rings (SSSR count). The summed E-state index contributed by atoms with van der Waals surface area (Å²) < 4.78 is 11.6. The first-order valence-electron chi connectivity index (χ1n) is 6.28. The second-order valence-electron chi connectivity index (χ2n) is 4.30. The molecule has 20 heavy (non-hydrogen) atoms. The summed E-state index contributed by atoms with van der Waals surface area (Å²) in [6.07, 6.45) is 0.391. The van der Waals surface area contributed by atoms with Crippen molar-refractivity contribution in [2.45, 2.75) is 25.4 Å². The van der Waals surface area contributed by atoms with Crippen LogP contribution in [0.5, 0.6) is 0 Å². The van der Waals surface area contributed by atoms with Crippen LogP contribution in [0.3, 0.4) is 0 Å². The van der Waals surface area contributed by atoms with Gasteiger partial charge in [-0.3, -0.25) is 0 Å². The highest BCUT2D eigenvalue weighted by atomic mass is 79.9. The van der Waals surface area contributed by atoms with E-state index in [2.05, 4.69) is 81.9 Å². The van der Waals surface area contributed by atoms with Gasteiger partial charge < -0.3 is 9.47 Å². The molecule has 0 aromatic heterocycles. The van der Waals surface area contributed by atoms with Gasteiger partial charge in [0.2, 0.25) is 0 Å². The van der Waals surface area contributed by atoms with E-state index in [1.165, 1.54) is 11.1 Å².